The second-order valence-electron chi connectivity index (χ2n) is 15.7. The minimum absolute atomic E-state index is 0.00656. The van der Waals surface area contributed by atoms with E-state index in [9.17, 15) is 19.4 Å². The summed E-state index contributed by atoms with van der Waals surface area (Å²) in [6.45, 7) is 4.37. The molecule has 3 unspecified atom stereocenters. The Kier molecular flexibility index (Phi) is 34.0. The van der Waals surface area contributed by atoms with Crippen molar-refractivity contribution in [3.63, 3.8) is 0 Å². The Labute approximate surface area is 315 Å². The van der Waals surface area contributed by atoms with Gasteiger partial charge in [-0.15, -0.1) is 0 Å². The van der Waals surface area contributed by atoms with Crippen molar-refractivity contribution < 1.29 is 32.9 Å². The van der Waals surface area contributed by atoms with Crippen molar-refractivity contribution in [3.05, 3.63) is 24.3 Å². The molecule has 2 N–H and O–H groups in total. The number of phosphoric ester groups is 1. The van der Waals surface area contributed by atoms with Crippen LogP contribution in [0.25, 0.3) is 0 Å². The highest BCUT2D eigenvalue weighted by molar-refractivity contribution is 7.45. The molecule has 3 atom stereocenters. The molecule has 1 amide bonds. The highest BCUT2D eigenvalue weighted by atomic mass is 31.2. The zero-order valence-corrected chi connectivity index (χ0v) is 35.0. The molecule has 0 heterocycles. The second-order valence-corrected chi connectivity index (χ2v) is 17.1. The number of unbranched alkanes of at least 4 members (excludes halogenated alkanes) is 23. The van der Waals surface area contributed by atoms with Gasteiger partial charge in [0, 0.05) is 6.42 Å². The molecule has 0 aliphatic rings. The Bertz CT molecular complexity index is 891. The van der Waals surface area contributed by atoms with E-state index in [2.05, 4.69) is 24.4 Å². The summed E-state index contributed by atoms with van der Waals surface area (Å²) in [4.78, 5) is 24.6. The number of rotatable bonds is 38. The average molecular weight is 743 g/mol. The number of hydrogen-bond acceptors (Lipinski definition) is 6. The van der Waals surface area contributed by atoms with E-state index in [1.807, 2.05) is 34.1 Å². The van der Waals surface area contributed by atoms with Crippen LogP contribution < -0.4 is 10.2 Å². The van der Waals surface area contributed by atoms with Crippen molar-refractivity contribution >= 4 is 13.7 Å². The number of carbonyl (C=O) groups is 1. The van der Waals surface area contributed by atoms with Gasteiger partial charge in [-0.1, -0.05) is 173 Å². The number of aliphatic hydroxyl groups is 1. The zero-order chi connectivity index (χ0) is 37.9. The molecular weight excluding hydrogens is 659 g/mol. The molecular formula is C42H83N2O6P. The number of allylic oxidation sites excluding steroid dienone is 3. The zero-order valence-electron chi connectivity index (χ0n) is 34.1. The van der Waals surface area contributed by atoms with Crippen LogP contribution >= 0.6 is 7.82 Å². The summed E-state index contributed by atoms with van der Waals surface area (Å²) in [5.41, 5.74) is 0. The first-order chi connectivity index (χ1) is 24.5. The molecule has 0 rings (SSSR count). The predicted molar refractivity (Wildman–Crippen MR) is 215 cm³/mol. The predicted octanol–water partition coefficient (Wildman–Crippen LogP) is 10.7. The molecule has 0 bridgehead atoms. The number of phosphoric acid groups is 1. The van der Waals surface area contributed by atoms with E-state index < -0.39 is 26.6 Å². The van der Waals surface area contributed by atoms with Crippen LogP contribution in [-0.2, 0) is 18.4 Å². The number of amides is 1. The summed E-state index contributed by atoms with van der Waals surface area (Å²) in [5.74, 6) is -0.243. The maximum Gasteiger partial charge on any atom is 0.268 e. The van der Waals surface area contributed by atoms with Crippen LogP contribution in [0.2, 0.25) is 0 Å². The number of likely N-dealkylation sites (N-methyl/N-ethyl adjacent to an activating group) is 1. The lowest BCUT2D eigenvalue weighted by Gasteiger charge is -2.29. The van der Waals surface area contributed by atoms with Crippen molar-refractivity contribution in [1.82, 2.24) is 5.32 Å². The van der Waals surface area contributed by atoms with E-state index in [0.29, 0.717) is 23.9 Å². The number of nitrogens with one attached hydrogen (secondary N) is 1. The fraction of sp³-hybridized carbons (Fsp3) is 0.881. The summed E-state index contributed by atoms with van der Waals surface area (Å²) < 4.78 is 22.8. The Morgan fingerprint density at radius 2 is 1.10 bits per heavy atom. The smallest absolute Gasteiger partial charge is 0.268 e. The third-order valence-electron chi connectivity index (χ3n) is 9.41. The highest BCUT2D eigenvalue weighted by Gasteiger charge is 2.23. The topological polar surface area (TPSA) is 108 Å². The molecule has 0 aliphatic heterocycles. The first kappa shape index (κ1) is 50.0. The van der Waals surface area contributed by atoms with Gasteiger partial charge in [0.25, 0.3) is 7.82 Å². The minimum Gasteiger partial charge on any atom is -0.756 e. The molecule has 0 aromatic rings. The molecule has 0 fully saturated rings. The Morgan fingerprint density at radius 1 is 0.667 bits per heavy atom. The normalized spacial score (nSPS) is 14.7. The second kappa shape index (κ2) is 34.7. The van der Waals surface area contributed by atoms with Crippen molar-refractivity contribution in [2.24, 2.45) is 0 Å². The number of hydrogen-bond donors (Lipinski definition) is 2. The fourth-order valence-corrected chi connectivity index (χ4v) is 6.69. The Morgan fingerprint density at radius 3 is 1.57 bits per heavy atom. The van der Waals surface area contributed by atoms with Crippen LogP contribution in [0.4, 0.5) is 0 Å². The standard InChI is InChI=1S/C42H83N2O6P/c1-6-8-10-11-12-13-14-15-16-17-18-19-20-21-22-23-24-25-26-27-28-29-30-31-32-33-34-35-41(45)40(43-42(46)36-9-7-2)39-50-51(47,48)49-38-37-44(3,4)5/h30-31,34-35,40-41,45H,6-29,32-33,36-39H2,1-5H3,(H-,43,46,47,48)/b31-30+,35-34+. The lowest BCUT2D eigenvalue weighted by molar-refractivity contribution is -0.870. The summed E-state index contributed by atoms with van der Waals surface area (Å²) in [5, 5.41) is 13.4. The number of nitrogens with zero attached hydrogens (tertiary/aromatic N) is 1. The van der Waals surface area contributed by atoms with Crippen LogP contribution in [-0.4, -0.2) is 68.5 Å². The SMILES string of the molecule is CCCCCCCCCCCCCCCCCCCCCCC/C=C/CC/C=C/C(O)C(COP(=O)([O-])OCC[N+](C)(C)C)NC(=O)CCCC. The molecule has 8 nitrogen and oxygen atoms in total. The van der Waals surface area contributed by atoms with Gasteiger partial charge in [0.1, 0.15) is 13.2 Å². The molecule has 0 saturated carbocycles. The van der Waals surface area contributed by atoms with Crippen LogP contribution in [0.3, 0.4) is 0 Å². The summed E-state index contributed by atoms with van der Waals surface area (Å²) >= 11 is 0. The quantitative estimate of drug-likeness (QED) is 0.0282. The Hall–Kier alpha value is -1.02. The maximum absolute atomic E-state index is 12.3. The molecule has 302 valence electrons. The van der Waals surface area contributed by atoms with Crippen molar-refractivity contribution in [1.29, 1.82) is 0 Å². The van der Waals surface area contributed by atoms with Gasteiger partial charge in [-0.3, -0.25) is 9.36 Å². The van der Waals surface area contributed by atoms with Gasteiger partial charge in [0.2, 0.25) is 5.91 Å². The third kappa shape index (κ3) is 37.1. The fourth-order valence-electron chi connectivity index (χ4n) is 5.97. The summed E-state index contributed by atoms with van der Waals surface area (Å²) in [6, 6.07) is -0.894. The molecule has 0 aromatic heterocycles. The first-order valence-corrected chi connectivity index (χ1v) is 22.7. The molecule has 0 radical (unpaired) electrons. The van der Waals surface area contributed by atoms with Gasteiger partial charge in [0.05, 0.1) is 39.9 Å². The largest absolute Gasteiger partial charge is 0.756 e. The summed E-state index contributed by atoms with van der Waals surface area (Å²) in [6.07, 6.45) is 40.8. The van der Waals surface area contributed by atoms with Crippen molar-refractivity contribution in [2.75, 3.05) is 40.9 Å². The van der Waals surface area contributed by atoms with Gasteiger partial charge >= 0.3 is 0 Å². The molecule has 0 aromatic carbocycles. The summed E-state index contributed by atoms with van der Waals surface area (Å²) in [7, 11) is 1.24. The van der Waals surface area contributed by atoms with E-state index in [1.54, 1.807) is 6.08 Å². The van der Waals surface area contributed by atoms with Crippen molar-refractivity contribution in [3.8, 4) is 0 Å². The molecule has 0 spiro atoms. The van der Waals surface area contributed by atoms with Crippen LogP contribution in [0.15, 0.2) is 24.3 Å². The van der Waals surface area contributed by atoms with Gasteiger partial charge in [-0.05, 0) is 32.1 Å². The van der Waals surface area contributed by atoms with E-state index in [1.165, 1.54) is 135 Å². The number of carbonyl (C=O) groups excluding carboxylic acids is 1. The minimum atomic E-state index is -4.57. The molecule has 0 saturated heterocycles. The lowest BCUT2D eigenvalue weighted by Crippen LogP contribution is -2.45. The third-order valence-corrected chi connectivity index (χ3v) is 10.4. The maximum atomic E-state index is 12.3. The van der Waals surface area contributed by atoms with Crippen LogP contribution in [0.5, 0.6) is 0 Å². The van der Waals surface area contributed by atoms with Gasteiger partial charge < -0.3 is 28.8 Å². The molecule has 0 aliphatic carbocycles. The Balaban J connectivity index is 3.93. The number of quaternary nitrogens is 1. The van der Waals surface area contributed by atoms with E-state index in [4.69, 9.17) is 9.05 Å². The van der Waals surface area contributed by atoms with E-state index in [0.717, 1.165) is 25.7 Å². The molecule has 51 heavy (non-hydrogen) atoms. The highest BCUT2D eigenvalue weighted by Crippen LogP contribution is 2.38. The monoisotopic (exact) mass is 743 g/mol. The van der Waals surface area contributed by atoms with Crippen LogP contribution in [0, 0.1) is 0 Å². The first-order valence-electron chi connectivity index (χ1n) is 21.2. The van der Waals surface area contributed by atoms with Gasteiger partial charge in [-0.25, -0.2) is 0 Å². The lowest BCUT2D eigenvalue weighted by atomic mass is 10.0. The van der Waals surface area contributed by atoms with Gasteiger partial charge in [-0.2, -0.15) is 0 Å². The number of aliphatic hydroxyl groups excluding tert-OH is 1. The van der Waals surface area contributed by atoms with E-state index in [-0.39, 0.29) is 12.5 Å². The van der Waals surface area contributed by atoms with Crippen molar-refractivity contribution in [2.45, 2.75) is 199 Å². The van der Waals surface area contributed by atoms with Crippen LogP contribution in [0.1, 0.15) is 187 Å². The molecule has 9 heteroatoms. The van der Waals surface area contributed by atoms with E-state index >= 15 is 0 Å². The average Bonchev–Trinajstić information content (AvgIpc) is 3.08. The van der Waals surface area contributed by atoms with Gasteiger partial charge in [0.15, 0.2) is 0 Å².